The maximum absolute atomic E-state index is 14.2. The lowest BCUT2D eigenvalue weighted by Crippen LogP contribution is -2.54. The number of rotatable bonds is 4. The van der Waals surface area contributed by atoms with Gasteiger partial charge in [-0.1, -0.05) is 74.9 Å². The third kappa shape index (κ3) is 4.06. The van der Waals surface area contributed by atoms with Crippen LogP contribution in [0.2, 0.25) is 0 Å². The fraction of sp³-hybridized carbons (Fsp3) is 0.467. The van der Waals surface area contributed by atoms with Crippen LogP contribution in [0.4, 0.5) is 9.59 Å². The van der Waals surface area contributed by atoms with Crippen molar-refractivity contribution in [3.63, 3.8) is 0 Å². The van der Waals surface area contributed by atoms with Crippen LogP contribution in [-0.2, 0) is 0 Å². The highest BCUT2D eigenvalue weighted by molar-refractivity contribution is 6.10. The van der Waals surface area contributed by atoms with Crippen LogP contribution in [0.15, 0.2) is 60.7 Å². The number of hydrogen-bond acceptors (Lipinski definition) is 4. The molecule has 2 aromatic carbocycles. The second kappa shape index (κ2) is 10.2. The van der Waals surface area contributed by atoms with Gasteiger partial charge in [0.1, 0.15) is 0 Å². The third-order valence-electron chi connectivity index (χ3n) is 8.63. The van der Waals surface area contributed by atoms with E-state index in [4.69, 9.17) is 0 Å². The van der Waals surface area contributed by atoms with Crippen LogP contribution in [0, 0.1) is 0 Å². The van der Waals surface area contributed by atoms with E-state index in [-0.39, 0.29) is 12.1 Å². The van der Waals surface area contributed by atoms with Gasteiger partial charge in [0.2, 0.25) is 0 Å². The number of fused-ring (bicyclic) bond motifs is 1. The van der Waals surface area contributed by atoms with Crippen molar-refractivity contribution in [3.05, 3.63) is 71.8 Å². The van der Waals surface area contributed by atoms with Crippen LogP contribution in [0.3, 0.4) is 0 Å². The van der Waals surface area contributed by atoms with E-state index < -0.39 is 36.2 Å². The molecule has 2 aliphatic carbocycles. The second-order valence-electron chi connectivity index (χ2n) is 10.9. The number of imide groups is 2. The molecule has 2 saturated heterocycles. The van der Waals surface area contributed by atoms with Crippen molar-refractivity contribution in [2.24, 2.45) is 0 Å². The van der Waals surface area contributed by atoms with Crippen molar-refractivity contribution in [3.8, 4) is 0 Å². The Morgan fingerprint density at radius 3 is 1.21 bits per heavy atom. The first-order valence-electron chi connectivity index (χ1n) is 14.0. The Morgan fingerprint density at radius 2 is 0.868 bits per heavy atom. The van der Waals surface area contributed by atoms with Crippen LogP contribution in [-0.4, -0.2) is 67.9 Å². The maximum atomic E-state index is 14.2. The molecule has 0 bridgehead atoms. The van der Waals surface area contributed by atoms with Gasteiger partial charge in [0.25, 0.3) is 11.8 Å². The standard InChI is InChI=1S/C30H34N4O4/c35-27(21-13-5-1-6-14-21)33-25-26(32(29(33)37)24-19-11-4-12-20-24)34(28(36)22-15-7-2-8-16-22)30(38)31(25)23-17-9-3-10-18-23/h1-2,5-8,13-16,23-26H,3-4,9-12,17-20H2. The molecule has 8 nitrogen and oxygen atoms in total. The van der Waals surface area contributed by atoms with E-state index in [1.165, 1.54) is 9.80 Å². The zero-order chi connectivity index (χ0) is 26.2. The first-order valence-corrected chi connectivity index (χ1v) is 14.0. The van der Waals surface area contributed by atoms with Crippen molar-refractivity contribution in [2.45, 2.75) is 88.6 Å². The van der Waals surface area contributed by atoms with Crippen molar-refractivity contribution >= 4 is 23.9 Å². The predicted molar refractivity (Wildman–Crippen MR) is 141 cm³/mol. The van der Waals surface area contributed by atoms with Gasteiger partial charge in [-0.15, -0.1) is 0 Å². The molecule has 2 atom stereocenters. The summed E-state index contributed by atoms with van der Waals surface area (Å²) in [4.78, 5) is 62.3. The number of carbonyl (C=O) groups excluding carboxylic acids is 4. The fourth-order valence-corrected chi connectivity index (χ4v) is 6.82. The third-order valence-corrected chi connectivity index (χ3v) is 8.63. The van der Waals surface area contributed by atoms with E-state index in [1.807, 2.05) is 12.1 Å². The Labute approximate surface area is 223 Å². The van der Waals surface area contributed by atoms with Gasteiger partial charge < -0.3 is 0 Å². The summed E-state index contributed by atoms with van der Waals surface area (Å²) in [5.41, 5.74) is 0.794. The van der Waals surface area contributed by atoms with Crippen LogP contribution >= 0.6 is 0 Å². The summed E-state index contributed by atoms with van der Waals surface area (Å²) >= 11 is 0. The minimum absolute atomic E-state index is 0.123. The number of amides is 6. The Bertz CT molecular complexity index is 1110. The van der Waals surface area contributed by atoms with E-state index in [0.717, 1.165) is 64.2 Å². The Morgan fingerprint density at radius 1 is 0.526 bits per heavy atom. The van der Waals surface area contributed by atoms with E-state index in [2.05, 4.69) is 0 Å². The van der Waals surface area contributed by atoms with Gasteiger partial charge in [0.05, 0.1) is 0 Å². The van der Waals surface area contributed by atoms with Gasteiger partial charge in [-0.25, -0.2) is 19.4 Å². The molecule has 8 heteroatoms. The van der Waals surface area contributed by atoms with Gasteiger partial charge in [-0.05, 0) is 49.9 Å². The highest BCUT2D eigenvalue weighted by Gasteiger charge is 2.65. The zero-order valence-electron chi connectivity index (χ0n) is 21.6. The summed E-state index contributed by atoms with van der Waals surface area (Å²) in [7, 11) is 0. The molecule has 0 aromatic heterocycles. The van der Waals surface area contributed by atoms with Crippen molar-refractivity contribution < 1.29 is 19.2 Å². The summed E-state index contributed by atoms with van der Waals surface area (Å²) < 4.78 is 0. The van der Waals surface area contributed by atoms with Gasteiger partial charge >= 0.3 is 12.1 Å². The Balaban J connectivity index is 1.48. The summed E-state index contributed by atoms with van der Waals surface area (Å²) in [6.45, 7) is 0. The monoisotopic (exact) mass is 514 g/mol. The zero-order valence-corrected chi connectivity index (χ0v) is 21.6. The molecular formula is C30H34N4O4. The van der Waals surface area contributed by atoms with Gasteiger partial charge in [0, 0.05) is 23.2 Å². The molecule has 2 saturated carbocycles. The molecule has 4 aliphatic rings. The first kappa shape index (κ1) is 24.6. The van der Waals surface area contributed by atoms with Crippen LogP contribution < -0.4 is 0 Å². The molecule has 38 heavy (non-hydrogen) atoms. The van der Waals surface area contributed by atoms with Gasteiger partial charge in [-0.3, -0.25) is 19.4 Å². The number of nitrogens with zero attached hydrogens (tertiary/aromatic N) is 4. The minimum Gasteiger partial charge on any atom is -0.296 e. The average molecular weight is 515 g/mol. The quantitative estimate of drug-likeness (QED) is 0.543. The maximum Gasteiger partial charge on any atom is 0.330 e. The van der Waals surface area contributed by atoms with Gasteiger partial charge in [-0.2, -0.15) is 0 Å². The molecule has 0 radical (unpaired) electrons. The van der Waals surface area contributed by atoms with E-state index in [1.54, 1.807) is 58.3 Å². The number of urea groups is 2. The highest BCUT2D eigenvalue weighted by Crippen LogP contribution is 2.43. The summed E-state index contributed by atoms with van der Waals surface area (Å²) in [6.07, 6.45) is 7.60. The molecule has 4 fully saturated rings. The van der Waals surface area contributed by atoms with Crippen LogP contribution in [0.5, 0.6) is 0 Å². The van der Waals surface area contributed by atoms with E-state index >= 15 is 0 Å². The Kier molecular flexibility index (Phi) is 6.64. The van der Waals surface area contributed by atoms with Gasteiger partial charge in [0.15, 0.2) is 12.3 Å². The lowest BCUT2D eigenvalue weighted by Gasteiger charge is -2.36. The summed E-state index contributed by atoms with van der Waals surface area (Å²) in [6, 6.07) is 16.5. The molecule has 2 heterocycles. The summed E-state index contributed by atoms with van der Waals surface area (Å²) in [5, 5.41) is 0. The topological polar surface area (TPSA) is 81.2 Å². The Hall–Kier alpha value is -3.68. The molecule has 2 aromatic rings. The van der Waals surface area contributed by atoms with Crippen molar-refractivity contribution in [2.75, 3.05) is 0 Å². The van der Waals surface area contributed by atoms with Crippen LogP contribution in [0.1, 0.15) is 84.9 Å². The second-order valence-corrected chi connectivity index (χ2v) is 10.9. The normalized spacial score (nSPS) is 24.7. The fourth-order valence-electron chi connectivity index (χ4n) is 6.82. The highest BCUT2D eigenvalue weighted by atomic mass is 16.2. The SMILES string of the molecule is O=C(c1ccccc1)N1C(=O)N(C2CCCCC2)C2C1N(C1CCCCC1)C(=O)N2C(=O)c1ccccc1. The molecule has 0 N–H and O–H groups in total. The first-order chi connectivity index (χ1) is 18.6. The van der Waals surface area contributed by atoms with Crippen molar-refractivity contribution in [1.29, 1.82) is 0 Å². The summed E-state index contributed by atoms with van der Waals surface area (Å²) in [5.74, 6) is -0.849. The number of benzene rings is 2. The molecule has 0 spiro atoms. The molecule has 2 aliphatic heterocycles. The largest absolute Gasteiger partial charge is 0.330 e. The van der Waals surface area contributed by atoms with Crippen LogP contribution in [0.25, 0.3) is 0 Å². The molecule has 2 unspecified atom stereocenters. The van der Waals surface area contributed by atoms with E-state index in [9.17, 15) is 19.2 Å². The molecule has 6 amide bonds. The average Bonchev–Trinajstić information content (AvgIpc) is 3.42. The lowest BCUT2D eigenvalue weighted by atomic mass is 9.93. The van der Waals surface area contributed by atoms with E-state index in [0.29, 0.717) is 11.1 Å². The molecule has 6 rings (SSSR count). The predicted octanol–water partition coefficient (Wildman–Crippen LogP) is 5.46. The van der Waals surface area contributed by atoms with Crippen molar-refractivity contribution in [1.82, 2.24) is 19.6 Å². The molecular weight excluding hydrogens is 480 g/mol. The lowest BCUT2D eigenvalue weighted by molar-refractivity contribution is 0.0489. The smallest absolute Gasteiger partial charge is 0.296 e. The number of carbonyl (C=O) groups is 4. The molecule has 198 valence electrons. The minimum atomic E-state index is -0.847. The number of hydrogen-bond donors (Lipinski definition) is 0.